The minimum absolute atomic E-state index is 0.125. The summed E-state index contributed by atoms with van der Waals surface area (Å²) >= 11 is 0. The predicted octanol–water partition coefficient (Wildman–Crippen LogP) is 10.0. The number of benzene rings is 1. The maximum atomic E-state index is 10.7. The molecular weight excluding hydrogens is 414 g/mol. The van der Waals surface area contributed by atoms with Gasteiger partial charge in [-0.1, -0.05) is 121 Å². The van der Waals surface area contributed by atoms with Crippen molar-refractivity contribution in [1.29, 1.82) is 0 Å². The molecule has 0 aliphatic rings. The van der Waals surface area contributed by atoms with Crippen molar-refractivity contribution in [3.8, 4) is 0 Å². The average molecular weight is 470 g/mol. The second kappa shape index (κ2) is 28.4. The molecule has 0 saturated heterocycles. The number of hydrogen-bond donors (Lipinski definition) is 1. The highest BCUT2D eigenvalue weighted by Gasteiger charge is 2.04. The van der Waals surface area contributed by atoms with Gasteiger partial charge in [-0.15, -0.1) is 0 Å². The lowest BCUT2D eigenvalue weighted by Gasteiger charge is -2.07. The summed E-state index contributed by atoms with van der Waals surface area (Å²) in [5, 5.41) is 0. The molecular formula is C32H55NO. The van der Waals surface area contributed by atoms with Crippen LogP contribution in [0.5, 0.6) is 0 Å². The van der Waals surface area contributed by atoms with E-state index in [1.807, 2.05) is 65.0 Å². The van der Waals surface area contributed by atoms with Crippen molar-refractivity contribution in [3.05, 3.63) is 89.7 Å². The van der Waals surface area contributed by atoms with Gasteiger partial charge in [-0.2, -0.15) is 0 Å². The van der Waals surface area contributed by atoms with Gasteiger partial charge in [0, 0.05) is 5.70 Å². The third-order valence-corrected chi connectivity index (χ3v) is 4.07. The molecule has 0 aromatic heterocycles. The van der Waals surface area contributed by atoms with Gasteiger partial charge in [-0.25, -0.2) is 0 Å². The fourth-order valence-corrected chi connectivity index (χ4v) is 1.92. The molecule has 2 nitrogen and oxygen atoms in total. The van der Waals surface area contributed by atoms with Gasteiger partial charge in [0.15, 0.2) is 5.78 Å². The van der Waals surface area contributed by atoms with E-state index in [1.54, 1.807) is 6.92 Å². The fraction of sp³-hybridized carbons (Fsp3) is 0.469. The number of aryl methyl sites for hydroxylation is 1. The second-order valence-corrected chi connectivity index (χ2v) is 8.11. The Labute approximate surface area is 213 Å². The molecule has 2 heteroatoms. The number of ketones is 1. The zero-order valence-electron chi connectivity index (χ0n) is 24.3. The first-order chi connectivity index (χ1) is 16.0. The molecule has 1 aromatic rings. The summed E-state index contributed by atoms with van der Waals surface area (Å²) in [6.45, 7) is 29.5. The molecule has 2 N–H and O–H groups in total. The summed E-state index contributed by atoms with van der Waals surface area (Å²) in [7, 11) is 0. The monoisotopic (exact) mass is 469 g/mol. The Hall–Kier alpha value is -2.61. The Morgan fingerprint density at radius 1 is 1.03 bits per heavy atom. The number of carbonyl (C=O) groups excluding carboxylic acids is 1. The molecule has 34 heavy (non-hydrogen) atoms. The Kier molecular flexibility index (Phi) is 32.3. The van der Waals surface area contributed by atoms with E-state index >= 15 is 0 Å². The van der Waals surface area contributed by atoms with Crippen LogP contribution in [0.1, 0.15) is 99.6 Å². The van der Waals surface area contributed by atoms with E-state index in [9.17, 15) is 4.79 Å². The van der Waals surface area contributed by atoms with E-state index < -0.39 is 0 Å². The highest BCUT2D eigenvalue weighted by Crippen LogP contribution is 2.12. The third-order valence-electron chi connectivity index (χ3n) is 4.07. The normalized spacial score (nSPS) is 10.4. The first-order valence-corrected chi connectivity index (χ1v) is 12.6. The van der Waals surface area contributed by atoms with Crippen molar-refractivity contribution >= 4 is 11.9 Å². The Morgan fingerprint density at radius 3 is 1.82 bits per heavy atom. The molecule has 0 aliphatic carbocycles. The molecule has 0 heterocycles. The molecule has 0 spiro atoms. The van der Waals surface area contributed by atoms with Crippen molar-refractivity contribution in [1.82, 2.24) is 0 Å². The highest BCUT2D eigenvalue weighted by molar-refractivity contribution is 5.92. The minimum atomic E-state index is 0.125. The van der Waals surface area contributed by atoms with E-state index in [1.165, 1.54) is 23.1 Å². The molecule has 194 valence electrons. The second-order valence-electron chi connectivity index (χ2n) is 8.11. The summed E-state index contributed by atoms with van der Waals surface area (Å²) in [6.07, 6.45) is 12.8. The molecule has 0 bridgehead atoms. The molecule has 1 aromatic carbocycles. The summed E-state index contributed by atoms with van der Waals surface area (Å²) in [4.78, 5) is 10.7. The maximum absolute atomic E-state index is 10.7. The average Bonchev–Trinajstić information content (AvgIpc) is 2.81. The van der Waals surface area contributed by atoms with Crippen LogP contribution in [0.4, 0.5) is 0 Å². The van der Waals surface area contributed by atoms with Gasteiger partial charge < -0.3 is 5.73 Å². The van der Waals surface area contributed by atoms with Crippen LogP contribution in [0.15, 0.2) is 78.6 Å². The number of carbonyl (C=O) groups is 1. The lowest BCUT2D eigenvalue weighted by molar-refractivity contribution is -0.113. The largest absolute Gasteiger partial charge is 0.399 e. The Bertz CT molecular complexity index is 714. The van der Waals surface area contributed by atoms with E-state index in [-0.39, 0.29) is 5.78 Å². The lowest BCUT2D eigenvalue weighted by Crippen LogP contribution is -2.00. The zero-order chi connectivity index (χ0) is 27.5. The van der Waals surface area contributed by atoms with Crippen LogP contribution in [-0.2, 0) is 4.79 Å². The van der Waals surface area contributed by atoms with Crippen LogP contribution in [0.3, 0.4) is 0 Å². The highest BCUT2D eigenvalue weighted by atomic mass is 16.1. The first-order valence-electron chi connectivity index (χ1n) is 12.6. The van der Waals surface area contributed by atoms with Crippen LogP contribution in [0.2, 0.25) is 0 Å². The van der Waals surface area contributed by atoms with Crippen LogP contribution in [-0.4, -0.2) is 5.78 Å². The topological polar surface area (TPSA) is 43.1 Å². The van der Waals surface area contributed by atoms with Crippen molar-refractivity contribution in [2.45, 2.75) is 95.4 Å². The summed E-state index contributed by atoms with van der Waals surface area (Å²) in [5.41, 5.74) is 10.8. The zero-order valence-corrected chi connectivity index (χ0v) is 24.3. The van der Waals surface area contributed by atoms with Crippen LogP contribution in [0.25, 0.3) is 6.08 Å². The Balaban J connectivity index is -0.000000181. The smallest absolute Gasteiger partial charge is 0.155 e. The van der Waals surface area contributed by atoms with Crippen molar-refractivity contribution in [2.24, 2.45) is 11.7 Å². The lowest BCUT2D eigenvalue weighted by atomic mass is 9.98. The van der Waals surface area contributed by atoms with Crippen LogP contribution in [0, 0.1) is 12.8 Å². The summed E-state index contributed by atoms with van der Waals surface area (Å²) in [6, 6.07) is 8.28. The Morgan fingerprint density at radius 2 is 1.50 bits per heavy atom. The molecule has 1 atom stereocenters. The van der Waals surface area contributed by atoms with E-state index in [0.717, 1.165) is 24.1 Å². The molecule has 0 amide bonds. The maximum Gasteiger partial charge on any atom is 0.155 e. The molecule has 0 radical (unpaired) electrons. The fourth-order valence-electron chi connectivity index (χ4n) is 1.92. The summed E-state index contributed by atoms with van der Waals surface area (Å²) in [5.74, 6) is 0.719. The van der Waals surface area contributed by atoms with Crippen molar-refractivity contribution < 1.29 is 4.79 Å². The quantitative estimate of drug-likeness (QED) is 0.319. The number of hydrogen-bond acceptors (Lipinski definition) is 2. The van der Waals surface area contributed by atoms with E-state index in [0.29, 0.717) is 5.92 Å². The van der Waals surface area contributed by atoms with E-state index in [2.05, 4.69) is 72.0 Å². The van der Waals surface area contributed by atoms with Gasteiger partial charge >= 0.3 is 0 Å². The molecule has 1 rings (SSSR count). The number of nitrogens with two attached hydrogens (primary N) is 1. The van der Waals surface area contributed by atoms with Crippen molar-refractivity contribution in [2.75, 3.05) is 0 Å². The van der Waals surface area contributed by atoms with Crippen molar-refractivity contribution in [3.63, 3.8) is 0 Å². The molecule has 1 unspecified atom stereocenters. The number of rotatable bonds is 7. The molecule has 0 fully saturated rings. The van der Waals surface area contributed by atoms with Gasteiger partial charge in [0.25, 0.3) is 0 Å². The van der Waals surface area contributed by atoms with Gasteiger partial charge in [0.2, 0.25) is 0 Å². The van der Waals surface area contributed by atoms with Gasteiger partial charge in [-0.3, -0.25) is 4.79 Å². The minimum Gasteiger partial charge on any atom is -0.399 e. The molecule has 0 aliphatic heterocycles. The number of allylic oxidation sites excluding steroid dienone is 6. The third kappa shape index (κ3) is 31.6. The van der Waals surface area contributed by atoms with Gasteiger partial charge in [0.05, 0.1) is 0 Å². The summed E-state index contributed by atoms with van der Waals surface area (Å²) < 4.78 is 0. The van der Waals surface area contributed by atoms with Crippen LogP contribution < -0.4 is 5.73 Å². The van der Waals surface area contributed by atoms with Gasteiger partial charge in [-0.05, 0) is 70.2 Å². The number of Topliss-reactive ketones (excluding diaryl/α,β-unsaturated/α-hetero) is 1. The predicted molar refractivity (Wildman–Crippen MR) is 159 cm³/mol. The van der Waals surface area contributed by atoms with Gasteiger partial charge in [0.1, 0.15) is 0 Å². The standard InChI is InChI=1S/C9H15N.C9H16O.C9H10.C3H8.C2H6/c1-4-5-9(10)7-6-8(2)3;1-5-7(2)6-8(3)9(4)10;1-3-9-6-4-8(2)5-7-9;1-3-2;1-2/h4-7H,10H2,1-3H3;7H,3,5-6H2,1-2,4H3;3-7H,1H2,2H3;3H2,1-2H3;1-2H3/b5-4-,9-7+;;;;. The van der Waals surface area contributed by atoms with E-state index in [4.69, 9.17) is 5.73 Å². The molecule has 0 saturated carbocycles. The van der Waals surface area contributed by atoms with Crippen LogP contribution >= 0.6 is 0 Å². The first kappa shape index (κ1) is 38.6. The SMILES string of the molecule is C/C=C\C(N)=C/C=C(C)C.C=C(CC(C)CC)C(C)=O.C=Cc1ccc(C)cc1.CC.CCC.